The van der Waals surface area contributed by atoms with Gasteiger partial charge in [-0.05, 0) is 13.0 Å². The third kappa shape index (κ3) is 5.31. The van der Waals surface area contributed by atoms with Crippen LogP contribution in [-0.4, -0.2) is 60.7 Å². The van der Waals surface area contributed by atoms with Crippen LogP contribution in [0.3, 0.4) is 0 Å². The number of carbonyl (C=O) groups excluding carboxylic acids is 3. The number of hydrogen-bond acceptors (Lipinski definition) is 5. The standard InChI is InChI=1S/C7H11N4O2.C2H4O2.2Na/c1-10-5-4(8-3-9-5)6(12)11(2)7(10)13;1-2(3)4;;/h4-5,9H,3H2,1-2H3;1H3,(H,3,4);;/q-1;;2*+1/p-1. The third-order valence-electron chi connectivity index (χ3n) is 2.48. The van der Waals surface area contributed by atoms with Gasteiger partial charge >= 0.3 is 65.1 Å². The molecule has 2 fully saturated rings. The summed E-state index contributed by atoms with van der Waals surface area (Å²) in [6.07, 6.45) is -0.254. The van der Waals surface area contributed by atoms with Gasteiger partial charge in [-0.15, -0.1) is 0 Å². The molecule has 2 unspecified atom stereocenters. The molecule has 0 aromatic heterocycles. The Hall–Kier alpha value is 0.330. The predicted molar refractivity (Wildman–Crippen MR) is 55.5 cm³/mol. The van der Waals surface area contributed by atoms with Crippen LogP contribution in [0.4, 0.5) is 4.79 Å². The number of fused-ring (bicyclic) bond motifs is 1. The van der Waals surface area contributed by atoms with E-state index in [1.807, 2.05) is 0 Å². The number of likely N-dealkylation sites (N-methyl/N-ethyl adjacent to an activating group) is 2. The van der Waals surface area contributed by atoms with E-state index in [2.05, 4.69) is 10.6 Å². The zero-order valence-electron chi connectivity index (χ0n) is 11.8. The minimum absolute atomic E-state index is 0. The number of carboxylic acids is 1. The van der Waals surface area contributed by atoms with Gasteiger partial charge in [-0.1, -0.05) is 6.67 Å². The Morgan fingerprint density at radius 2 is 1.84 bits per heavy atom. The van der Waals surface area contributed by atoms with Crippen LogP contribution < -0.4 is 69.5 Å². The van der Waals surface area contributed by atoms with Crippen molar-refractivity contribution < 1.29 is 78.6 Å². The van der Waals surface area contributed by atoms with Gasteiger partial charge in [-0.3, -0.25) is 9.69 Å². The molecule has 0 spiro atoms. The van der Waals surface area contributed by atoms with E-state index in [-0.39, 0.29) is 77.2 Å². The second-order valence-electron chi connectivity index (χ2n) is 3.72. The number of amides is 3. The minimum Gasteiger partial charge on any atom is -0.637 e. The summed E-state index contributed by atoms with van der Waals surface area (Å²) >= 11 is 0. The maximum Gasteiger partial charge on any atom is 1.00 e. The molecule has 2 aliphatic heterocycles. The van der Waals surface area contributed by atoms with E-state index in [1.54, 1.807) is 7.05 Å². The molecule has 0 bridgehead atoms. The van der Waals surface area contributed by atoms with Gasteiger partial charge in [-0.25, -0.2) is 4.79 Å². The average molecular weight is 288 g/mol. The number of imide groups is 1. The number of nitrogens with one attached hydrogen (secondary N) is 1. The second-order valence-corrected chi connectivity index (χ2v) is 3.72. The van der Waals surface area contributed by atoms with Gasteiger partial charge < -0.3 is 25.4 Å². The molecule has 2 aliphatic rings. The summed E-state index contributed by atoms with van der Waals surface area (Å²) in [5, 5.41) is 15.9. The molecule has 2 heterocycles. The molecule has 96 valence electrons. The van der Waals surface area contributed by atoms with Gasteiger partial charge in [-0.2, -0.15) is 0 Å². The number of rotatable bonds is 0. The van der Waals surface area contributed by atoms with Crippen LogP contribution in [-0.2, 0) is 9.59 Å². The van der Waals surface area contributed by atoms with Crippen molar-refractivity contribution in [2.24, 2.45) is 0 Å². The molecule has 1 N–H and O–H groups in total. The molecule has 0 aromatic carbocycles. The predicted octanol–water partition coefficient (Wildman–Crippen LogP) is -8.10. The number of urea groups is 1. The Balaban J connectivity index is 0. The number of aliphatic carboxylic acids is 1. The molecule has 3 amide bonds. The van der Waals surface area contributed by atoms with Crippen LogP contribution in [0.15, 0.2) is 0 Å². The van der Waals surface area contributed by atoms with Gasteiger partial charge in [0.25, 0.3) is 0 Å². The van der Waals surface area contributed by atoms with Crippen LogP contribution in [0.25, 0.3) is 5.32 Å². The van der Waals surface area contributed by atoms with Crippen molar-refractivity contribution in [1.82, 2.24) is 15.1 Å². The van der Waals surface area contributed by atoms with E-state index < -0.39 is 12.0 Å². The molecule has 10 heteroatoms. The van der Waals surface area contributed by atoms with Crippen molar-refractivity contribution in [3.05, 3.63) is 5.32 Å². The first-order valence-electron chi connectivity index (χ1n) is 4.98. The van der Waals surface area contributed by atoms with E-state index >= 15 is 0 Å². The summed E-state index contributed by atoms with van der Waals surface area (Å²) in [7, 11) is 3.14. The maximum absolute atomic E-state index is 11.5. The summed E-state index contributed by atoms with van der Waals surface area (Å²) in [6.45, 7) is 1.41. The van der Waals surface area contributed by atoms with Crippen molar-refractivity contribution >= 4 is 17.9 Å². The molecule has 0 radical (unpaired) electrons. The van der Waals surface area contributed by atoms with Crippen LogP contribution in [0.5, 0.6) is 0 Å². The van der Waals surface area contributed by atoms with E-state index in [9.17, 15) is 9.59 Å². The fourth-order valence-corrected chi connectivity index (χ4v) is 1.67. The third-order valence-corrected chi connectivity index (χ3v) is 2.48. The summed E-state index contributed by atoms with van der Waals surface area (Å²) in [6, 6.07) is -0.705. The Morgan fingerprint density at radius 3 is 2.32 bits per heavy atom. The minimum atomic E-state index is -1.08. The van der Waals surface area contributed by atoms with Crippen molar-refractivity contribution in [2.75, 3.05) is 20.8 Å². The maximum atomic E-state index is 11.5. The first-order chi connectivity index (χ1) is 7.86. The van der Waals surface area contributed by atoms with Gasteiger partial charge in [0.15, 0.2) is 0 Å². The number of carboxylic acid groups (broad SMARTS) is 1. The van der Waals surface area contributed by atoms with Crippen molar-refractivity contribution in [2.45, 2.75) is 19.1 Å². The molecule has 8 nitrogen and oxygen atoms in total. The van der Waals surface area contributed by atoms with Crippen molar-refractivity contribution in [1.29, 1.82) is 0 Å². The van der Waals surface area contributed by atoms with Crippen LogP contribution in [0.1, 0.15) is 6.92 Å². The monoisotopic (exact) mass is 288 g/mol. The van der Waals surface area contributed by atoms with Gasteiger partial charge in [0, 0.05) is 20.1 Å². The fraction of sp³-hybridized carbons (Fsp3) is 0.667. The summed E-state index contributed by atoms with van der Waals surface area (Å²) in [4.78, 5) is 34.4. The molecule has 0 saturated carbocycles. The quantitative estimate of drug-likeness (QED) is 0.446. The second kappa shape index (κ2) is 9.30. The van der Waals surface area contributed by atoms with Crippen molar-refractivity contribution in [3.63, 3.8) is 0 Å². The average Bonchev–Trinajstić information content (AvgIpc) is 2.71. The largest absolute Gasteiger partial charge is 1.00 e. The number of carbonyl (C=O) groups is 3. The molecular formula is C9H14N4Na2O4. The van der Waals surface area contributed by atoms with E-state index in [0.717, 1.165) is 11.8 Å². The number of nitrogens with zero attached hydrogens (tertiary/aromatic N) is 3. The molecule has 0 aliphatic carbocycles. The van der Waals surface area contributed by atoms with Crippen LogP contribution in [0.2, 0.25) is 0 Å². The number of hydrogen-bond donors (Lipinski definition) is 1. The molecular weight excluding hydrogens is 274 g/mol. The van der Waals surface area contributed by atoms with Gasteiger partial charge in [0.05, 0.1) is 6.17 Å². The molecule has 2 atom stereocenters. The summed E-state index contributed by atoms with van der Waals surface area (Å²) in [5.74, 6) is -1.31. The van der Waals surface area contributed by atoms with Crippen LogP contribution in [0, 0.1) is 0 Å². The Morgan fingerprint density at radius 1 is 1.37 bits per heavy atom. The van der Waals surface area contributed by atoms with Gasteiger partial charge in [0.2, 0.25) is 5.91 Å². The molecule has 0 aromatic rings. The molecule has 19 heavy (non-hydrogen) atoms. The topological polar surface area (TPSA) is 107 Å². The van der Waals surface area contributed by atoms with Gasteiger partial charge in [0.1, 0.15) is 0 Å². The van der Waals surface area contributed by atoms with Crippen molar-refractivity contribution in [3.8, 4) is 0 Å². The SMILES string of the molecule is CC(=O)[O-].CN1C(=O)C2[N-]CNC2N(C)C1=O.[Na+].[Na+]. The first kappa shape index (κ1) is 21.6. The smallest absolute Gasteiger partial charge is 0.637 e. The first-order valence-corrected chi connectivity index (χ1v) is 4.98. The zero-order chi connectivity index (χ0) is 13.2. The fourth-order valence-electron chi connectivity index (χ4n) is 1.67. The zero-order valence-corrected chi connectivity index (χ0v) is 15.8. The van der Waals surface area contributed by atoms with E-state index in [4.69, 9.17) is 9.90 Å². The molecule has 2 saturated heterocycles. The van der Waals surface area contributed by atoms with E-state index in [0.29, 0.717) is 6.67 Å². The Bertz CT molecular complexity index is 351. The summed E-state index contributed by atoms with van der Waals surface area (Å²) < 4.78 is 0. The molecule has 2 rings (SSSR count). The summed E-state index contributed by atoms with van der Waals surface area (Å²) in [5.41, 5.74) is 0. The normalized spacial score (nSPS) is 24.6. The Kier molecular flexibility index (Phi) is 10.6. The van der Waals surface area contributed by atoms with Crippen LogP contribution >= 0.6 is 0 Å². The van der Waals surface area contributed by atoms with E-state index in [1.165, 1.54) is 11.9 Å². The Labute approximate surface area is 155 Å².